The van der Waals surface area contributed by atoms with Crippen LogP contribution in [-0.4, -0.2) is 80.8 Å². The summed E-state index contributed by atoms with van der Waals surface area (Å²) < 4.78 is 19.6. The number of rotatable bonds is 12. The quantitative estimate of drug-likeness (QED) is 0.0535. The molecule has 0 fully saturated rings. The highest BCUT2D eigenvalue weighted by molar-refractivity contribution is 6.76. The maximum Gasteiger partial charge on any atom is 0.343 e. The van der Waals surface area contributed by atoms with Crippen LogP contribution in [0.4, 0.5) is 0 Å². The Morgan fingerprint density at radius 3 is 1.56 bits per heavy atom. The molecule has 70 heavy (non-hydrogen) atoms. The molecule has 0 saturated carbocycles. The van der Waals surface area contributed by atoms with Gasteiger partial charge in [0.2, 0.25) is 0 Å². The molecule has 0 aliphatic carbocycles. The molecular weight excluding hydrogens is 925 g/mol. The first kappa shape index (κ1) is 49.0. The summed E-state index contributed by atoms with van der Waals surface area (Å²) in [6.07, 6.45) is 2.48. The smallest absolute Gasteiger partial charge is 0.343 e. The van der Waals surface area contributed by atoms with E-state index in [2.05, 4.69) is 39.3 Å². The Morgan fingerprint density at radius 2 is 1.11 bits per heavy atom. The molecule has 0 amide bonds. The van der Waals surface area contributed by atoms with E-state index < -0.39 is 39.3 Å². The molecule has 0 radical (unpaired) electrons. The Balaban J connectivity index is 0.000000175. The Hall–Kier alpha value is -5.99. The maximum absolute atomic E-state index is 13.6. The normalized spacial score (nSPS) is 18.8. The predicted octanol–water partition coefficient (Wildman–Crippen LogP) is 7.39. The van der Waals surface area contributed by atoms with Gasteiger partial charge >= 0.3 is 11.9 Å². The van der Waals surface area contributed by atoms with E-state index in [0.717, 1.165) is 80.4 Å². The molecule has 8 heterocycles. The van der Waals surface area contributed by atoms with E-state index >= 15 is 0 Å². The number of aliphatic hydroxyl groups is 3. The number of aromatic hydroxyl groups is 1. The molecule has 4 aromatic heterocycles. The van der Waals surface area contributed by atoms with Crippen molar-refractivity contribution in [3.05, 3.63) is 114 Å². The van der Waals surface area contributed by atoms with Crippen molar-refractivity contribution in [3.63, 3.8) is 0 Å². The third kappa shape index (κ3) is 8.48. The Bertz CT molecular complexity index is 3280. The van der Waals surface area contributed by atoms with Crippen molar-refractivity contribution in [1.29, 1.82) is 0 Å². The van der Waals surface area contributed by atoms with Crippen molar-refractivity contribution in [3.8, 4) is 34.3 Å². The number of fused-ring (bicyclic) bond motifs is 10. The number of phenolic OH excluding ortho intramolecular Hbond substituents is 1. The summed E-state index contributed by atoms with van der Waals surface area (Å²) in [5, 5.41) is 43.4. The molecule has 2 atom stereocenters. The lowest BCUT2D eigenvalue weighted by molar-refractivity contribution is -0.172. The molecule has 368 valence electrons. The Labute approximate surface area is 407 Å². The number of nitrogens with zero attached hydrogens (tertiary/aromatic N) is 4. The highest BCUT2D eigenvalue weighted by Crippen LogP contribution is 2.43. The van der Waals surface area contributed by atoms with Gasteiger partial charge in [-0.15, -0.1) is 0 Å². The van der Waals surface area contributed by atoms with Crippen LogP contribution in [-0.2, 0) is 69.4 Å². The average molecular weight is 987 g/mol. The SMILES string of the molecule is CC[C@@]1(O)C(=O)OCc2c1cc1n(c2=O)Cc2c-1nc1ccc(O)cc1c2CC[Si](C)(C)C.CC[C@@]1(O)C(=O)OCc2c1cc1n(c2=O)Cc2c-1nc1ccc(OCCCO)cc1c2CC[Si](C)(C)C. The minimum atomic E-state index is -1.84. The van der Waals surface area contributed by atoms with Crippen LogP contribution in [0.25, 0.3) is 44.6 Å². The van der Waals surface area contributed by atoms with E-state index in [-0.39, 0.29) is 49.5 Å². The number of pyridine rings is 4. The number of hydrogen-bond acceptors (Lipinski definition) is 13. The molecule has 0 saturated heterocycles. The lowest BCUT2D eigenvalue weighted by atomic mass is 9.86. The summed E-state index contributed by atoms with van der Waals surface area (Å²) in [7, 11) is -2.73. The minimum Gasteiger partial charge on any atom is -0.508 e. The fourth-order valence-corrected chi connectivity index (χ4v) is 12.2. The summed E-state index contributed by atoms with van der Waals surface area (Å²) in [5.74, 6) is -0.534. The summed E-state index contributed by atoms with van der Waals surface area (Å²) in [6.45, 7) is 18.4. The third-order valence-corrected chi connectivity index (χ3v) is 17.9. The van der Waals surface area contributed by atoms with Gasteiger partial charge in [-0.25, -0.2) is 19.6 Å². The molecule has 2 aromatic carbocycles. The van der Waals surface area contributed by atoms with Crippen LogP contribution >= 0.6 is 0 Å². The second kappa shape index (κ2) is 18.0. The van der Waals surface area contributed by atoms with Crippen LogP contribution in [0.5, 0.6) is 11.5 Å². The van der Waals surface area contributed by atoms with E-state index in [9.17, 15) is 34.5 Å². The van der Waals surface area contributed by atoms with Gasteiger partial charge in [0.05, 0.1) is 64.6 Å². The first-order chi connectivity index (χ1) is 33.1. The molecule has 0 spiro atoms. The topological polar surface area (TPSA) is 213 Å². The maximum atomic E-state index is 13.6. The summed E-state index contributed by atoms with van der Waals surface area (Å²) >= 11 is 0. The number of ether oxygens (including phenoxy) is 3. The fraction of sp³-hybridized carbons (Fsp3) is 0.434. The van der Waals surface area contributed by atoms with E-state index in [4.69, 9.17) is 29.3 Å². The lowest BCUT2D eigenvalue weighted by Gasteiger charge is -2.31. The molecular formula is C53H62N4O11Si2. The van der Waals surface area contributed by atoms with Crippen molar-refractivity contribution in [1.82, 2.24) is 19.1 Å². The van der Waals surface area contributed by atoms with Crippen molar-refractivity contribution in [2.75, 3.05) is 13.2 Å². The van der Waals surface area contributed by atoms with E-state index in [1.807, 2.05) is 18.2 Å². The molecule has 0 bridgehead atoms. The van der Waals surface area contributed by atoms with Crippen LogP contribution < -0.4 is 15.9 Å². The summed E-state index contributed by atoms with van der Waals surface area (Å²) in [5.41, 5.74) is 5.57. The lowest BCUT2D eigenvalue weighted by Crippen LogP contribution is -2.44. The van der Waals surface area contributed by atoms with Gasteiger partial charge in [-0.2, -0.15) is 0 Å². The summed E-state index contributed by atoms with van der Waals surface area (Å²) in [6, 6.07) is 16.6. The number of aliphatic hydroxyl groups excluding tert-OH is 1. The Kier molecular flexibility index (Phi) is 12.6. The van der Waals surface area contributed by atoms with Crippen LogP contribution in [0.1, 0.15) is 77.6 Å². The van der Waals surface area contributed by atoms with Gasteiger partial charge in [0.1, 0.15) is 24.7 Å². The minimum absolute atomic E-state index is 0.0743. The number of aromatic nitrogens is 4. The van der Waals surface area contributed by atoms with E-state index in [1.165, 1.54) is 0 Å². The van der Waals surface area contributed by atoms with Crippen molar-refractivity contribution < 1.29 is 44.2 Å². The molecule has 6 aromatic rings. The predicted molar refractivity (Wildman–Crippen MR) is 272 cm³/mol. The molecule has 4 N–H and O–H groups in total. The average Bonchev–Trinajstić information content (AvgIpc) is 3.87. The van der Waals surface area contributed by atoms with E-state index in [1.54, 1.807) is 53.3 Å². The zero-order valence-electron chi connectivity index (χ0n) is 41.2. The number of hydrogen-bond donors (Lipinski definition) is 4. The molecule has 10 rings (SSSR count). The number of esters is 2. The fourth-order valence-electron chi connectivity index (χ4n) is 10.2. The number of phenols is 1. The first-order valence-corrected chi connectivity index (χ1v) is 31.7. The number of carbonyl (C=O) groups is 2. The standard InChI is InChI=1S/C28H34N2O6Si.C25H28N2O5Si/c1-5-28(34)22-14-24-25-20(15-30(24)26(32)21(22)16-36-27(28)33)18(9-12-37(2,3)4)19-13-17(35-11-6-10-31)7-8-23(19)29-25;1-5-25(31)19-11-21-22-17(12-27(21)23(29)18(19)13-32-24(25)30)15(8-9-33(2,3)4)16-10-14(28)6-7-20(16)26-22/h7-8,13-14,31,34H,5-6,9-12,15-16H2,1-4H3;6-7,10-11,28,31H,5,8-9,12-13H2,1-4H3/t28-;25-/m00/s1. The van der Waals surface area contributed by atoms with Gasteiger partial charge < -0.3 is 43.8 Å². The highest BCUT2D eigenvalue weighted by atomic mass is 28.3. The summed E-state index contributed by atoms with van der Waals surface area (Å²) in [4.78, 5) is 61.8. The molecule has 4 aliphatic heterocycles. The zero-order valence-corrected chi connectivity index (χ0v) is 43.2. The monoisotopic (exact) mass is 986 g/mol. The van der Waals surface area contributed by atoms with Crippen molar-refractivity contribution >= 4 is 49.9 Å². The number of carbonyl (C=O) groups excluding carboxylic acids is 2. The van der Waals surface area contributed by atoms with Gasteiger partial charge in [-0.1, -0.05) is 65.2 Å². The molecule has 0 unspecified atom stereocenters. The second-order valence-electron chi connectivity index (χ2n) is 21.5. The van der Waals surface area contributed by atoms with Crippen molar-refractivity contribution in [2.45, 2.75) is 135 Å². The number of cyclic esters (lactones) is 2. The Morgan fingerprint density at radius 1 is 0.657 bits per heavy atom. The highest BCUT2D eigenvalue weighted by Gasteiger charge is 2.47. The van der Waals surface area contributed by atoms with Gasteiger partial charge in [0.15, 0.2) is 11.2 Å². The van der Waals surface area contributed by atoms with Crippen LogP contribution in [0.2, 0.25) is 51.4 Å². The van der Waals surface area contributed by atoms with Gasteiger partial charge in [0.25, 0.3) is 11.1 Å². The van der Waals surface area contributed by atoms with Crippen LogP contribution in [0, 0.1) is 0 Å². The van der Waals surface area contributed by atoms with Crippen molar-refractivity contribution in [2.24, 2.45) is 0 Å². The van der Waals surface area contributed by atoms with E-state index in [0.29, 0.717) is 65.5 Å². The zero-order chi connectivity index (χ0) is 50.2. The molecule has 17 heteroatoms. The molecule has 4 aliphatic rings. The number of benzene rings is 2. The van der Waals surface area contributed by atoms with Gasteiger partial charge in [-0.05, 0) is 85.3 Å². The van der Waals surface area contributed by atoms with Gasteiger partial charge in [-0.3, -0.25) is 9.59 Å². The van der Waals surface area contributed by atoms with Gasteiger partial charge in [0, 0.05) is 62.2 Å². The second-order valence-corrected chi connectivity index (χ2v) is 32.7. The third-order valence-electron chi connectivity index (χ3n) is 14.4. The van der Waals surface area contributed by atoms with Crippen LogP contribution in [0.15, 0.2) is 58.1 Å². The largest absolute Gasteiger partial charge is 0.508 e. The number of aryl methyl sites for hydroxylation is 2. The van der Waals surface area contributed by atoms with Crippen LogP contribution in [0.3, 0.4) is 0 Å². The first-order valence-electron chi connectivity index (χ1n) is 24.3. The molecule has 15 nitrogen and oxygen atoms in total.